The highest BCUT2D eigenvalue weighted by molar-refractivity contribution is 6.33. The lowest BCUT2D eigenvalue weighted by atomic mass is 10.0. The van der Waals surface area contributed by atoms with Crippen molar-refractivity contribution in [1.29, 1.82) is 0 Å². The van der Waals surface area contributed by atoms with E-state index in [0.29, 0.717) is 6.42 Å². The molecule has 0 saturated carbocycles. The van der Waals surface area contributed by atoms with Crippen molar-refractivity contribution < 1.29 is 5.11 Å². The molecule has 0 amide bonds. The van der Waals surface area contributed by atoms with Crippen LogP contribution in [0.15, 0.2) is 48.5 Å². The van der Waals surface area contributed by atoms with Crippen LogP contribution >= 0.6 is 11.6 Å². The van der Waals surface area contributed by atoms with E-state index in [2.05, 4.69) is 0 Å². The van der Waals surface area contributed by atoms with Gasteiger partial charge in [0.25, 0.3) is 0 Å². The van der Waals surface area contributed by atoms with Gasteiger partial charge in [-0.1, -0.05) is 61.8 Å². The Labute approximate surface area is 114 Å². The van der Waals surface area contributed by atoms with Gasteiger partial charge in [-0.15, -0.1) is 0 Å². The average molecular weight is 263 g/mol. The molecule has 2 rings (SSSR count). The first-order chi connectivity index (χ1) is 8.81. The molecule has 0 atom stereocenters. The minimum absolute atomic E-state index is 0.163. The highest BCUT2D eigenvalue weighted by atomic mass is 35.5. The fraction of sp³-hybridized carbons (Fsp3) is 0.250. The minimum Gasteiger partial charge on any atom is -0.396 e. The molecule has 0 unspecified atom stereocenters. The first-order valence-corrected chi connectivity index (χ1v) is 6.64. The standard InChI is InChI=1S/C14H13ClO.C2H6/c15-14-7-6-11(8-9-16)10-13(14)12-4-2-1-3-5-12;1-2/h1-7,10,16H,8-9H2;1-2H3. The third kappa shape index (κ3) is 3.86. The van der Waals surface area contributed by atoms with Gasteiger partial charge in [-0.3, -0.25) is 0 Å². The van der Waals surface area contributed by atoms with Gasteiger partial charge in [0.15, 0.2) is 0 Å². The van der Waals surface area contributed by atoms with Crippen LogP contribution in [-0.4, -0.2) is 11.7 Å². The summed E-state index contributed by atoms with van der Waals surface area (Å²) in [6.07, 6.45) is 0.664. The van der Waals surface area contributed by atoms with Crippen molar-refractivity contribution in [3.8, 4) is 11.1 Å². The molecule has 1 N–H and O–H groups in total. The van der Waals surface area contributed by atoms with E-state index in [-0.39, 0.29) is 6.61 Å². The summed E-state index contributed by atoms with van der Waals surface area (Å²) in [7, 11) is 0. The number of aliphatic hydroxyl groups is 1. The molecule has 0 aliphatic carbocycles. The van der Waals surface area contributed by atoms with E-state index in [0.717, 1.165) is 21.7 Å². The van der Waals surface area contributed by atoms with Crippen LogP contribution in [0.2, 0.25) is 5.02 Å². The molecule has 1 nitrogen and oxygen atoms in total. The first-order valence-electron chi connectivity index (χ1n) is 6.26. The van der Waals surface area contributed by atoms with Crippen LogP contribution in [0.3, 0.4) is 0 Å². The van der Waals surface area contributed by atoms with Gasteiger partial charge in [0, 0.05) is 17.2 Å². The molecule has 0 heterocycles. The number of hydrogen-bond acceptors (Lipinski definition) is 1. The van der Waals surface area contributed by atoms with Crippen molar-refractivity contribution in [2.45, 2.75) is 20.3 Å². The van der Waals surface area contributed by atoms with Gasteiger partial charge >= 0.3 is 0 Å². The van der Waals surface area contributed by atoms with E-state index in [1.807, 2.05) is 62.4 Å². The van der Waals surface area contributed by atoms with Crippen LogP contribution in [0.1, 0.15) is 19.4 Å². The van der Waals surface area contributed by atoms with E-state index in [1.54, 1.807) is 0 Å². The second-order valence-electron chi connectivity index (χ2n) is 3.65. The van der Waals surface area contributed by atoms with Crippen LogP contribution in [0.5, 0.6) is 0 Å². The molecule has 0 aliphatic rings. The fourth-order valence-corrected chi connectivity index (χ4v) is 1.92. The minimum atomic E-state index is 0.163. The maximum absolute atomic E-state index is 8.92. The SMILES string of the molecule is CC.OCCc1ccc(Cl)c(-c2ccccc2)c1. The van der Waals surface area contributed by atoms with Crippen LogP contribution in [0, 0.1) is 0 Å². The van der Waals surface area contributed by atoms with Crippen molar-refractivity contribution in [1.82, 2.24) is 0 Å². The molecule has 96 valence electrons. The molecule has 2 heteroatoms. The molecule has 0 saturated heterocycles. The van der Waals surface area contributed by atoms with Crippen LogP contribution in [0.4, 0.5) is 0 Å². The van der Waals surface area contributed by atoms with Crippen LogP contribution < -0.4 is 0 Å². The summed E-state index contributed by atoms with van der Waals surface area (Å²) in [6.45, 7) is 4.16. The lowest BCUT2D eigenvalue weighted by molar-refractivity contribution is 0.299. The molecule has 0 radical (unpaired) electrons. The van der Waals surface area contributed by atoms with Gasteiger partial charge in [-0.25, -0.2) is 0 Å². The Morgan fingerprint density at radius 3 is 2.28 bits per heavy atom. The van der Waals surface area contributed by atoms with Gasteiger partial charge in [-0.05, 0) is 29.7 Å². The zero-order valence-electron chi connectivity index (χ0n) is 10.9. The van der Waals surface area contributed by atoms with Gasteiger partial charge in [0.2, 0.25) is 0 Å². The summed E-state index contributed by atoms with van der Waals surface area (Å²) in [5, 5.41) is 9.66. The quantitative estimate of drug-likeness (QED) is 0.859. The highest BCUT2D eigenvalue weighted by Crippen LogP contribution is 2.28. The van der Waals surface area contributed by atoms with Crippen molar-refractivity contribution in [3.63, 3.8) is 0 Å². The lowest BCUT2D eigenvalue weighted by Gasteiger charge is -2.07. The predicted octanol–water partition coefficient (Wildman–Crippen LogP) is 4.57. The molecule has 0 aromatic heterocycles. The fourth-order valence-electron chi connectivity index (χ4n) is 1.70. The zero-order chi connectivity index (χ0) is 13.4. The second-order valence-corrected chi connectivity index (χ2v) is 4.06. The number of hydrogen-bond donors (Lipinski definition) is 1. The van der Waals surface area contributed by atoms with Gasteiger partial charge in [0.1, 0.15) is 0 Å². The molecule has 0 bridgehead atoms. The Balaban J connectivity index is 0.000000771. The van der Waals surface area contributed by atoms with E-state index < -0.39 is 0 Å². The van der Waals surface area contributed by atoms with Gasteiger partial charge in [0.05, 0.1) is 0 Å². The van der Waals surface area contributed by atoms with E-state index in [9.17, 15) is 0 Å². The summed E-state index contributed by atoms with van der Waals surface area (Å²) in [6, 6.07) is 15.9. The van der Waals surface area contributed by atoms with Gasteiger partial charge < -0.3 is 5.11 Å². The lowest BCUT2D eigenvalue weighted by Crippen LogP contribution is -1.91. The van der Waals surface area contributed by atoms with Crippen molar-refractivity contribution in [2.24, 2.45) is 0 Å². The van der Waals surface area contributed by atoms with E-state index in [4.69, 9.17) is 16.7 Å². The number of benzene rings is 2. The first kappa shape index (κ1) is 14.7. The topological polar surface area (TPSA) is 20.2 Å². The molecule has 2 aromatic carbocycles. The van der Waals surface area contributed by atoms with E-state index in [1.165, 1.54) is 0 Å². The molecule has 18 heavy (non-hydrogen) atoms. The monoisotopic (exact) mass is 262 g/mol. The Bertz CT molecular complexity index is 466. The molecule has 2 aromatic rings. The Morgan fingerprint density at radius 2 is 1.67 bits per heavy atom. The number of halogens is 1. The largest absolute Gasteiger partial charge is 0.396 e. The van der Waals surface area contributed by atoms with Crippen molar-refractivity contribution in [3.05, 3.63) is 59.1 Å². The summed E-state index contributed by atoms with van der Waals surface area (Å²) < 4.78 is 0. The molecule has 0 fully saturated rings. The molecular weight excluding hydrogens is 244 g/mol. The number of rotatable bonds is 3. The smallest absolute Gasteiger partial charge is 0.0484 e. The normalized spacial score (nSPS) is 9.56. The summed E-state index contributed by atoms with van der Waals surface area (Å²) in [5.41, 5.74) is 3.23. The second kappa shape index (κ2) is 7.91. The van der Waals surface area contributed by atoms with Crippen molar-refractivity contribution in [2.75, 3.05) is 6.61 Å². The van der Waals surface area contributed by atoms with Crippen LogP contribution in [-0.2, 0) is 6.42 Å². The summed E-state index contributed by atoms with van der Waals surface area (Å²) in [5.74, 6) is 0. The maximum atomic E-state index is 8.92. The average Bonchev–Trinajstić information content (AvgIpc) is 2.44. The number of aliphatic hydroxyl groups excluding tert-OH is 1. The van der Waals surface area contributed by atoms with Gasteiger partial charge in [-0.2, -0.15) is 0 Å². The third-order valence-corrected chi connectivity index (χ3v) is 2.85. The molecule has 0 spiro atoms. The van der Waals surface area contributed by atoms with Crippen LogP contribution in [0.25, 0.3) is 11.1 Å². The highest BCUT2D eigenvalue weighted by Gasteiger charge is 2.04. The van der Waals surface area contributed by atoms with E-state index >= 15 is 0 Å². The zero-order valence-corrected chi connectivity index (χ0v) is 11.6. The molecular formula is C16H19ClO. The van der Waals surface area contributed by atoms with Crippen molar-refractivity contribution >= 4 is 11.6 Å². The Hall–Kier alpha value is -1.31. The Kier molecular flexibility index (Phi) is 6.48. The third-order valence-electron chi connectivity index (χ3n) is 2.52. The summed E-state index contributed by atoms with van der Waals surface area (Å²) >= 11 is 6.17. The predicted molar refractivity (Wildman–Crippen MR) is 79.0 cm³/mol. The summed E-state index contributed by atoms with van der Waals surface area (Å²) in [4.78, 5) is 0. The Morgan fingerprint density at radius 1 is 1.00 bits per heavy atom. The molecule has 0 aliphatic heterocycles. The maximum Gasteiger partial charge on any atom is 0.0484 e.